The fourth-order valence-electron chi connectivity index (χ4n) is 4.36. The molecule has 0 spiro atoms. The number of fused-ring (bicyclic) bond motifs is 1. The molecule has 0 amide bonds. The minimum atomic E-state index is -0.287. The van der Waals surface area contributed by atoms with E-state index >= 15 is 0 Å². The van der Waals surface area contributed by atoms with Gasteiger partial charge in [-0.15, -0.1) is 5.10 Å². The molecule has 34 heavy (non-hydrogen) atoms. The highest BCUT2D eigenvalue weighted by Gasteiger charge is 2.25. The minimum absolute atomic E-state index is 0.175. The van der Waals surface area contributed by atoms with Crippen LogP contribution in [0.1, 0.15) is 22.5 Å². The Bertz CT molecular complexity index is 1250. The van der Waals surface area contributed by atoms with Crippen molar-refractivity contribution in [1.82, 2.24) is 29.4 Å². The van der Waals surface area contributed by atoms with Crippen LogP contribution in [0.5, 0.6) is 0 Å². The van der Waals surface area contributed by atoms with Gasteiger partial charge in [0.05, 0.1) is 50.3 Å². The molecule has 2 aliphatic heterocycles. The van der Waals surface area contributed by atoms with Crippen LogP contribution in [0.15, 0.2) is 29.2 Å². The van der Waals surface area contributed by atoms with Crippen LogP contribution < -0.4 is 10.5 Å². The summed E-state index contributed by atoms with van der Waals surface area (Å²) in [5, 5.41) is 13.2. The molecule has 1 fully saturated rings. The summed E-state index contributed by atoms with van der Waals surface area (Å²) in [6, 6.07) is 4.95. The average Bonchev–Trinajstić information content (AvgIpc) is 3.25. The third-order valence-electron chi connectivity index (χ3n) is 6.18. The first-order valence-electron chi connectivity index (χ1n) is 10.9. The predicted octanol–water partition coefficient (Wildman–Crippen LogP) is 2.86. The fourth-order valence-corrected chi connectivity index (χ4v) is 6.00. The molecule has 0 saturated carbocycles. The van der Waals surface area contributed by atoms with Crippen LogP contribution in [-0.2, 0) is 30.8 Å². The zero-order valence-corrected chi connectivity index (χ0v) is 22.2. The third kappa shape index (κ3) is 4.99. The molecule has 0 bridgehead atoms. The van der Waals surface area contributed by atoms with Crippen LogP contribution >= 0.6 is 40.0 Å². The topological polar surface area (TPSA) is 81.3 Å². The Balaban J connectivity index is 1.35. The Morgan fingerprint density at radius 3 is 2.79 bits per heavy atom. The van der Waals surface area contributed by atoms with Crippen LogP contribution in [0.3, 0.4) is 0 Å². The van der Waals surface area contributed by atoms with Crippen molar-refractivity contribution in [3.05, 3.63) is 68.1 Å². The molecule has 9 nitrogen and oxygen atoms in total. The zero-order valence-electron chi connectivity index (χ0n) is 18.3. The number of hydrogen-bond donors (Lipinski definition) is 0. The van der Waals surface area contributed by atoms with E-state index in [1.807, 2.05) is 15.6 Å². The summed E-state index contributed by atoms with van der Waals surface area (Å²) in [6.07, 6.45) is 2.54. The molecule has 0 radical (unpaired) electrons. The van der Waals surface area contributed by atoms with Gasteiger partial charge in [-0.05, 0) is 45.3 Å². The number of morpholine rings is 1. The lowest BCUT2D eigenvalue weighted by molar-refractivity contribution is 0.0340. The van der Waals surface area contributed by atoms with Crippen molar-refractivity contribution in [2.75, 3.05) is 37.7 Å². The van der Waals surface area contributed by atoms with Crippen LogP contribution in [0, 0.1) is 5.82 Å². The molecule has 5 rings (SSSR count). The van der Waals surface area contributed by atoms with Gasteiger partial charge in [-0.1, -0.05) is 22.9 Å². The third-order valence-corrected chi connectivity index (χ3v) is 8.39. The number of ether oxygens (including phenoxy) is 1. The van der Waals surface area contributed by atoms with Gasteiger partial charge in [0.15, 0.2) is 0 Å². The van der Waals surface area contributed by atoms with Crippen molar-refractivity contribution in [2.45, 2.75) is 26.1 Å². The van der Waals surface area contributed by atoms with E-state index < -0.39 is 0 Å². The van der Waals surface area contributed by atoms with Crippen molar-refractivity contribution in [3.63, 3.8) is 0 Å². The Kier molecular flexibility index (Phi) is 7.45. The second kappa shape index (κ2) is 10.5. The molecular weight excluding hydrogens is 595 g/mol. The smallest absolute Gasteiger partial charge is 0.291 e. The minimum Gasteiger partial charge on any atom is -0.379 e. The summed E-state index contributed by atoms with van der Waals surface area (Å²) in [7, 11) is 0. The largest absolute Gasteiger partial charge is 0.379 e. The SMILES string of the molecule is O=c1c(Cl)c(N2CCc3c(nnn3Cc3ccc(F)cc3CN3CCOCC3)C2)cnn1PI. The van der Waals surface area contributed by atoms with Gasteiger partial charge in [0.2, 0.25) is 0 Å². The normalized spacial score (nSPS) is 17.0. The number of hydrogen-bond acceptors (Lipinski definition) is 7. The number of anilines is 1. The lowest BCUT2D eigenvalue weighted by atomic mass is 10.1. The molecule has 1 atom stereocenters. The standard InChI is InChI=1S/C21H23ClFIN7O2P/c22-20-19(10-25-31(34-24)21(20)32)29-4-3-18-17(13-29)26-27-30(18)12-14-1-2-16(23)9-15(14)11-28-5-7-33-8-6-28/h1-2,9-10,34H,3-8,11-13H2. The second-order valence-corrected chi connectivity index (χ2v) is 10.7. The molecule has 1 aromatic carbocycles. The molecular formula is C21H23ClFIN7O2P. The lowest BCUT2D eigenvalue weighted by Crippen LogP contribution is -2.36. The Morgan fingerprint density at radius 1 is 1.18 bits per heavy atom. The van der Waals surface area contributed by atoms with Gasteiger partial charge >= 0.3 is 0 Å². The van der Waals surface area contributed by atoms with Crippen LogP contribution in [0.25, 0.3) is 0 Å². The number of rotatable bonds is 6. The molecule has 4 heterocycles. The van der Waals surface area contributed by atoms with Crippen LogP contribution in [0.2, 0.25) is 5.02 Å². The van der Waals surface area contributed by atoms with E-state index in [1.165, 1.54) is 10.5 Å². The molecule has 1 saturated heterocycles. The van der Waals surface area contributed by atoms with Gasteiger partial charge in [-0.3, -0.25) is 9.69 Å². The van der Waals surface area contributed by atoms with Crippen molar-refractivity contribution in [2.24, 2.45) is 0 Å². The molecule has 2 aliphatic rings. The summed E-state index contributed by atoms with van der Waals surface area (Å²) >= 11 is 8.46. The maximum absolute atomic E-state index is 14.0. The van der Waals surface area contributed by atoms with Crippen molar-refractivity contribution in [1.29, 1.82) is 0 Å². The van der Waals surface area contributed by atoms with Crippen molar-refractivity contribution in [3.8, 4) is 0 Å². The number of halogens is 3. The van der Waals surface area contributed by atoms with Gasteiger partial charge in [0, 0.05) is 32.6 Å². The first-order chi connectivity index (χ1) is 16.5. The Labute approximate surface area is 215 Å². The van der Waals surface area contributed by atoms with E-state index in [-0.39, 0.29) is 22.8 Å². The Morgan fingerprint density at radius 2 is 2.00 bits per heavy atom. The van der Waals surface area contributed by atoms with Gasteiger partial charge in [0.1, 0.15) is 16.5 Å². The number of nitrogens with zero attached hydrogens (tertiary/aromatic N) is 7. The first-order valence-corrected chi connectivity index (χ1v) is 15.4. The molecule has 13 heteroatoms. The summed E-state index contributed by atoms with van der Waals surface area (Å²) in [5.74, 6) is -0.237. The second-order valence-electron chi connectivity index (χ2n) is 8.26. The van der Waals surface area contributed by atoms with Crippen LogP contribution in [-0.4, -0.2) is 62.3 Å². The summed E-state index contributed by atoms with van der Waals surface area (Å²) < 4.78 is 22.7. The van der Waals surface area contributed by atoms with Crippen molar-refractivity contribution < 1.29 is 9.13 Å². The summed E-state index contributed by atoms with van der Waals surface area (Å²) in [6.45, 7) is 5.44. The highest BCUT2D eigenvalue weighted by molar-refractivity contribution is 14.2. The van der Waals surface area contributed by atoms with Gasteiger partial charge in [-0.2, -0.15) is 5.10 Å². The van der Waals surface area contributed by atoms with E-state index in [0.29, 0.717) is 51.5 Å². The molecule has 180 valence electrons. The van der Waals surface area contributed by atoms with Gasteiger partial charge < -0.3 is 9.64 Å². The predicted molar refractivity (Wildman–Crippen MR) is 138 cm³/mol. The van der Waals surface area contributed by atoms with E-state index in [9.17, 15) is 9.18 Å². The van der Waals surface area contributed by atoms with Crippen molar-refractivity contribution >= 4 is 45.7 Å². The highest BCUT2D eigenvalue weighted by atomic mass is 127. The molecule has 1 unspecified atom stereocenters. The lowest BCUT2D eigenvalue weighted by Gasteiger charge is -2.29. The maximum atomic E-state index is 14.0. The maximum Gasteiger partial charge on any atom is 0.291 e. The Hall–Kier alpha value is -1.66. The molecule has 3 aromatic rings. The monoisotopic (exact) mass is 617 g/mol. The van der Waals surface area contributed by atoms with E-state index in [2.05, 4.69) is 42.4 Å². The number of benzene rings is 1. The molecule has 0 aliphatic carbocycles. The van der Waals surface area contributed by atoms with Gasteiger partial charge in [-0.25, -0.2) is 13.5 Å². The number of aromatic nitrogens is 5. The van der Waals surface area contributed by atoms with E-state index in [4.69, 9.17) is 16.3 Å². The summed E-state index contributed by atoms with van der Waals surface area (Å²) in [4.78, 5) is 16.7. The van der Waals surface area contributed by atoms with E-state index in [0.717, 1.165) is 35.6 Å². The first kappa shape index (κ1) is 24.1. The van der Waals surface area contributed by atoms with E-state index in [1.54, 1.807) is 12.3 Å². The highest BCUT2D eigenvalue weighted by Crippen LogP contribution is 2.29. The molecule has 2 aromatic heterocycles. The van der Waals surface area contributed by atoms with Gasteiger partial charge in [0.25, 0.3) is 5.56 Å². The summed E-state index contributed by atoms with van der Waals surface area (Å²) in [5.41, 5.74) is 4.20. The fraction of sp³-hybridized carbons (Fsp3) is 0.429. The van der Waals surface area contributed by atoms with Crippen LogP contribution in [0.4, 0.5) is 10.1 Å². The zero-order chi connectivity index (χ0) is 23.7. The quantitative estimate of drug-likeness (QED) is 0.311. The molecule has 0 N–H and O–H groups in total. The average molecular weight is 618 g/mol.